The van der Waals surface area contributed by atoms with Gasteiger partial charge in [-0.25, -0.2) is 0 Å². The van der Waals surface area contributed by atoms with Crippen LogP contribution in [0.2, 0.25) is 0 Å². The molecule has 5 rings (SSSR count). The van der Waals surface area contributed by atoms with E-state index in [0.29, 0.717) is 11.5 Å². The molecule has 7 nitrogen and oxygen atoms in total. The maximum absolute atomic E-state index is 6.84. The smallest absolute Gasteiger partial charge is 0.192 e. The predicted molar refractivity (Wildman–Crippen MR) is 167 cm³/mol. The number of para-hydroxylation sites is 1. The van der Waals surface area contributed by atoms with Crippen molar-refractivity contribution >= 4 is 40.3 Å². The van der Waals surface area contributed by atoms with Gasteiger partial charge in [-0.15, -0.1) is 0 Å². The molecule has 0 bridgehead atoms. The van der Waals surface area contributed by atoms with Crippen LogP contribution < -0.4 is 24.6 Å². The van der Waals surface area contributed by atoms with E-state index in [-0.39, 0.29) is 13.6 Å². The molecule has 0 radical (unpaired) electrons. The Kier molecular flexibility index (Phi) is 10.2. The second kappa shape index (κ2) is 14.5. The first kappa shape index (κ1) is 29.8. The van der Waals surface area contributed by atoms with Gasteiger partial charge in [0.15, 0.2) is 34.3 Å². The first-order valence-corrected chi connectivity index (χ1v) is 15.0. The lowest BCUT2D eigenvalue weighted by Crippen LogP contribution is -2.23. The molecule has 0 aliphatic carbocycles. The molecular weight excluding hydrogens is 551 g/mol. The van der Waals surface area contributed by atoms with Gasteiger partial charge >= 0.3 is 0 Å². The molecule has 42 heavy (non-hydrogen) atoms. The zero-order valence-corrected chi connectivity index (χ0v) is 25.1. The minimum absolute atomic E-state index is 0.00828. The molecule has 0 amide bonds. The van der Waals surface area contributed by atoms with Crippen molar-refractivity contribution in [1.29, 1.82) is 0 Å². The summed E-state index contributed by atoms with van der Waals surface area (Å²) in [7, 11) is 1.68. The molecule has 5 aromatic carbocycles. The van der Waals surface area contributed by atoms with E-state index in [9.17, 15) is 0 Å². The normalized spacial score (nSPS) is 13.5. The Labute approximate surface area is 247 Å². The van der Waals surface area contributed by atoms with Gasteiger partial charge in [0.2, 0.25) is 0 Å². The number of ether oxygens (including phenoxy) is 6. The zero-order chi connectivity index (χ0) is 29.3. The van der Waals surface area contributed by atoms with Crippen molar-refractivity contribution in [3.63, 3.8) is 0 Å². The highest BCUT2D eigenvalue weighted by Gasteiger charge is 2.28. The molecule has 218 valence electrons. The molecule has 0 N–H and O–H groups in total. The lowest BCUT2D eigenvalue weighted by Gasteiger charge is -2.25. The Morgan fingerprint density at radius 3 is 1.48 bits per heavy atom. The fourth-order valence-corrected chi connectivity index (χ4v) is 6.36. The SMILES string of the molecule is COC(C)OCOc1c(P(Oc2ccccc2)c2ccc3ccccc3c2OCOC(C)OC)ccc2ccccc12. The third-order valence-electron chi connectivity index (χ3n) is 6.77. The molecule has 0 aliphatic rings. The molecule has 8 heteroatoms. The van der Waals surface area contributed by atoms with E-state index in [0.717, 1.165) is 37.9 Å². The van der Waals surface area contributed by atoms with Crippen LogP contribution in [0, 0.1) is 0 Å². The van der Waals surface area contributed by atoms with Crippen molar-refractivity contribution in [2.75, 3.05) is 27.8 Å². The lowest BCUT2D eigenvalue weighted by molar-refractivity contribution is -0.149. The topological polar surface area (TPSA) is 64.6 Å². The minimum atomic E-state index is -1.51. The fourth-order valence-electron chi connectivity index (χ4n) is 4.41. The number of methoxy groups -OCH3 is 2. The van der Waals surface area contributed by atoms with Crippen LogP contribution in [0.15, 0.2) is 103 Å². The van der Waals surface area contributed by atoms with E-state index in [2.05, 4.69) is 36.4 Å². The maximum Gasteiger partial charge on any atom is 0.192 e. The van der Waals surface area contributed by atoms with Crippen molar-refractivity contribution in [3.8, 4) is 17.2 Å². The second-order valence-electron chi connectivity index (χ2n) is 9.43. The molecule has 2 unspecified atom stereocenters. The number of rotatable bonds is 14. The van der Waals surface area contributed by atoms with Crippen molar-refractivity contribution in [3.05, 3.63) is 103 Å². The Bertz CT molecular complexity index is 1490. The Hall–Kier alpha value is -3.71. The van der Waals surface area contributed by atoms with E-state index in [1.807, 2.05) is 80.6 Å². The molecule has 0 aliphatic heterocycles. The lowest BCUT2D eigenvalue weighted by atomic mass is 10.1. The third kappa shape index (κ3) is 7.01. The van der Waals surface area contributed by atoms with Gasteiger partial charge in [0.25, 0.3) is 0 Å². The molecule has 0 saturated heterocycles. The monoisotopic (exact) mass is 586 g/mol. The molecule has 0 fully saturated rings. The summed E-state index contributed by atoms with van der Waals surface area (Å²) in [6, 6.07) is 34.3. The standard InChI is InChI=1S/C34H35O7P/c1-24(35-3)37-22-39-33-29-16-10-8-12-26(29)18-20-31(33)42(41-28-14-6-5-7-15-28)32-21-19-27-13-9-11-17-30(27)34(32)40-23-38-25(2)36-4/h5-21,24-25H,22-23H2,1-4H3. The molecule has 0 aromatic heterocycles. The third-order valence-corrected chi connectivity index (χ3v) is 8.74. The first-order valence-electron chi connectivity index (χ1n) is 13.7. The van der Waals surface area contributed by atoms with E-state index in [4.69, 9.17) is 32.9 Å². The van der Waals surface area contributed by atoms with Crippen LogP contribution in [0.4, 0.5) is 0 Å². The Morgan fingerprint density at radius 2 is 1.00 bits per heavy atom. The minimum Gasteiger partial charge on any atom is -0.466 e. The number of fused-ring (bicyclic) bond motifs is 2. The van der Waals surface area contributed by atoms with Gasteiger partial charge in [-0.2, -0.15) is 0 Å². The van der Waals surface area contributed by atoms with Gasteiger partial charge in [0, 0.05) is 25.0 Å². The highest BCUT2D eigenvalue weighted by atomic mass is 31.1. The number of hydrogen-bond acceptors (Lipinski definition) is 7. The largest absolute Gasteiger partial charge is 0.466 e. The maximum atomic E-state index is 6.84. The van der Waals surface area contributed by atoms with Gasteiger partial charge in [0.1, 0.15) is 17.2 Å². The highest BCUT2D eigenvalue weighted by Crippen LogP contribution is 2.45. The highest BCUT2D eigenvalue weighted by molar-refractivity contribution is 7.69. The summed E-state index contributed by atoms with van der Waals surface area (Å²) in [6.07, 6.45) is -0.832. The van der Waals surface area contributed by atoms with Crippen LogP contribution in [0.1, 0.15) is 13.8 Å². The fraction of sp³-hybridized carbons (Fsp3) is 0.235. The zero-order valence-electron chi connectivity index (χ0n) is 24.2. The van der Waals surface area contributed by atoms with E-state index in [1.54, 1.807) is 14.2 Å². The van der Waals surface area contributed by atoms with E-state index < -0.39 is 20.7 Å². The second-order valence-corrected chi connectivity index (χ2v) is 11.2. The van der Waals surface area contributed by atoms with Gasteiger partial charge in [-0.05, 0) is 48.9 Å². The summed E-state index contributed by atoms with van der Waals surface area (Å²) in [5, 5.41) is 5.76. The molecule has 0 heterocycles. The first-order chi connectivity index (χ1) is 20.6. The number of hydrogen-bond donors (Lipinski definition) is 0. The molecule has 0 spiro atoms. The summed E-state index contributed by atoms with van der Waals surface area (Å²) in [4.78, 5) is 0. The quantitative estimate of drug-likeness (QED) is 0.102. The molecule has 2 atom stereocenters. The predicted octanol–water partition coefficient (Wildman–Crippen LogP) is 7.11. The van der Waals surface area contributed by atoms with Crippen LogP contribution in [0.5, 0.6) is 17.2 Å². The number of benzene rings is 5. The Balaban J connectivity index is 1.67. The van der Waals surface area contributed by atoms with Crippen LogP contribution in [-0.4, -0.2) is 40.4 Å². The van der Waals surface area contributed by atoms with Gasteiger partial charge in [-0.1, -0.05) is 78.9 Å². The van der Waals surface area contributed by atoms with Crippen LogP contribution in [-0.2, 0) is 18.9 Å². The van der Waals surface area contributed by atoms with Crippen molar-refractivity contribution < 1.29 is 32.9 Å². The van der Waals surface area contributed by atoms with Crippen molar-refractivity contribution in [1.82, 2.24) is 0 Å². The average Bonchev–Trinajstić information content (AvgIpc) is 3.04. The van der Waals surface area contributed by atoms with Gasteiger partial charge in [0.05, 0.1) is 10.6 Å². The van der Waals surface area contributed by atoms with Gasteiger partial charge in [-0.3, -0.25) is 0 Å². The van der Waals surface area contributed by atoms with Crippen molar-refractivity contribution in [2.45, 2.75) is 26.4 Å². The summed E-state index contributed by atoms with van der Waals surface area (Å²) in [5.41, 5.74) is 0. The van der Waals surface area contributed by atoms with Gasteiger partial charge < -0.3 is 32.9 Å². The molecule has 5 aromatic rings. The van der Waals surface area contributed by atoms with Crippen LogP contribution in [0.25, 0.3) is 21.5 Å². The summed E-state index contributed by atoms with van der Waals surface area (Å²) >= 11 is 0. The molecular formula is C34H35O7P. The van der Waals surface area contributed by atoms with E-state index in [1.165, 1.54) is 0 Å². The summed E-state index contributed by atoms with van der Waals surface area (Å²) in [5.74, 6) is 2.10. The van der Waals surface area contributed by atoms with Crippen LogP contribution in [0.3, 0.4) is 0 Å². The average molecular weight is 587 g/mol. The van der Waals surface area contributed by atoms with Crippen LogP contribution >= 0.6 is 8.15 Å². The molecule has 0 saturated carbocycles. The van der Waals surface area contributed by atoms with E-state index >= 15 is 0 Å². The summed E-state index contributed by atoms with van der Waals surface area (Å²) in [6.45, 7) is 3.66. The Morgan fingerprint density at radius 1 is 0.548 bits per heavy atom. The van der Waals surface area contributed by atoms with Crippen molar-refractivity contribution in [2.24, 2.45) is 0 Å². The summed E-state index contributed by atoms with van der Waals surface area (Å²) < 4.78 is 41.6.